The van der Waals surface area contributed by atoms with Crippen molar-refractivity contribution in [1.82, 2.24) is 5.32 Å². The molecule has 0 radical (unpaired) electrons. The van der Waals surface area contributed by atoms with E-state index in [-0.39, 0.29) is 0 Å². The summed E-state index contributed by atoms with van der Waals surface area (Å²) >= 11 is 7.14. The van der Waals surface area contributed by atoms with Crippen LogP contribution in [-0.2, 0) is 0 Å². The fraction of sp³-hybridized carbons (Fsp3) is 0.385. The van der Waals surface area contributed by atoms with Crippen LogP contribution in [0.3, 0.4) is 0 Å². The highest BCUT2D eigenvalue weighted by molar-refractivity contribution is 9.11. The third-order valence-corrected chi connectivity index (χ3v) is 5.25. The number of aryl methyl sites for hydroxylation is 1. The van der Waals surface area contributed by atoms with Gasteiger partial charge in [0.15, 0.2) is 0 Å². The van der Waals surface area contributed by atoms with Gasteiger partial charge in [-0.2, -0.15) is 11.3 Å². The lowest BCUT2D eigenvalue weighted by Crippen LogP contribution is -2.22. The van der Waals surface area contributed by atoms with Gasteiger partial charge in [-0.1, -0.05) is 6.92 Å². The first-order valence-corrected chi connectivity index (χ1v) is 8.29. The highest BCUT2D eigenvalue weighted by Gasteiger charge is 2.17. The van der Waals surface area contributed by atoms with E-state index in [2.05, 4.69) is 58.0 Å². The van der Waals surface area contributed by atoms with Gasteiger partial charge in [-0.25, -0.2) is 0 Å². The fourth-order valence-electron chi connectivity index (χ4n) is 1.80. The molecule has 0 aliphatic carbocycles. The number of nitrogens with one attached hydrogen (secondary N) is 1. The Balaban J connectivity index is 2.28. The minimum atomic E-state index is 0.345. The Morgan fingerprint density at radius 3 is 2.71 bits per heavy atom. The summed E-state index contributed by atoms with van der Waals surface area (Å²) < 4.78 is 1.20. The Labute approximate surface area is 119 Å². The topological polar surface area (TPSA) is 12.0 Å². The second-order valence-corrected chi connectivity index (χ2v) is 7.28. The van der Waals surface area contributed by atoms with Gasteiger partial charge in [0.05, 0.1) is 9.83 Å². The molecule has 0 spiro atoms. The van der Waals surface area contributed by atoms with Crippen LogP contribution in [0.25, 0.3) is 0 Å². The second-order valence-electron chi connectivity index (χ2n) is 4.04. The molecule has 1 nitrogen and oxygen atoms in total. The van der Waals surface area contributed by atoms with Crippen LogP contribution in [0.15, 0.2) is 26.7 Å². The predicted octanol–water partition coefficient (Wildman–Crippen LogP) is 4.97. The van der Waals surface area contributed by atoms with Crippen LogP contribution in [0, 0.1) is 6.92 Å². The molecule has 92 valence electrons. The summed E-state index contributed by atoms with van der Waals surface area (Å²) in [5.74, 6) is 0. The molecule has 4 heteroatoms. The van der Waals surface area contributed by atoms with Crippen LogP contribution in [0.4, 0.5) is 0 Å². The molecule has 0 amide bonds. The van der Waals surface area contributed by atoms with Gasteiger partial charge in [-0.05, 0) is 69.8 Å². The first-order valence-electron chi connectivity index (χ1n) is 5.73. The maximum absolute atomic E-state index is 3.64. The van der Waals surface area contributed by atoms with Gasteiger partial charge >= 0.3 is 0 Å². The van der Waals surface area contributed by atoms with Crippen molar-refractivity contribution in [3.05, 3.63) is 42.7 Å². The molecule has 2 aromatic rings. The summed E-state index contributed by atoms with van der Waals surface area (Å²) in [6.07, 6.45) is 1.16. The van der Waals surface area contributed by atoms with Gasteiger partial charge in [-0.3, -0.25) is 0 Å². The van der Waals surface area contributed by atoms with Crippen LogP contribution in [0.5, 0.6) is 0 Å². The van der Waals surface area contributed by atoms with Gasteiger partial charge in [-0.15, -0.1) is 11.3 Å². The average Bonchev–Trinajstić information content (AvgIpc) is 2.90. The number of hydrogen-bond acceptors (Lipinski definition) is 3. The van der Waals surface area contributed by atoms with E-state index >= 15 is 0 Å². The first kappa shape index (κ1) is 13.3. The van der Waals surface area contributed by atoms with Gasteiger partial charge in [0, 0.05) is 4.88 Å². The maximum atomic E-state index is 3.64. The Morgan fingerprint density at radius 1 is 1.35 bits per heavy atom. The lowest BCUT2D eigenvalue weighted by atomic mass is 10.1. The molecule has 0 aromatic carbocycles. The lowest BCUT2D eigenvalue weighted by Gasteiger charge is -2.17. The molecule has 17 heavy (non-hydrogen) atoms. The highest BCUT2D eigenvalue weighted by Crippen LogP contribution is 2.33. The van der Waals surface area contributed by atoms with E-state index in [1.54, 1.807) is 11.3 Å². The summed E-state index contributed by atoms with van der Waals surface area (Å²) in [6, 6.07) is 4.68. The van der Waals surface area contributed by atoms with Crippen molar-refractivity contribution in [2.45, 2.75) is 26.3 Å². The molecule has 0 fully saturated rings. The second kappa shape index (κ2) is 6.14. The highest BCUT2D eigenvalue weighted by atomic mass is 79.9. The van der Waals surface area contributed by atoms with Crippen LogP contribution < -0.4 is 5.32 Å². The molecule has 0 bridgehead atoms. The summed E-state index contributed by atoms with van der Waals surface area (Å²) in [4.78, 5) is 1.38. The van der Waals surface area contributed by atoms with E-state index in [1.807, 2.05) is 11.3 Å². The molecule has 2 aromatic heterocycles. The van der Waals surface area contributed by atoms with Crippen molar-refractivity contribution in [2.24, 2.45) is 0 Å². The standard InChI is InChI=1S/C13H16BrNS2/c1-3-6-15-13(10-8-16-7-9(10)2)11-4-5-12(14)17-11/h4-5,7-8,13,15H,3,6H2,1-2H3. The fourth-order valence-corrected chi connectivity index (χ4v) is 4.20. The Morgan fingerprint density at radius 2 is 2.18 bits per heavy atom. The first-order chi connectivity index (χ1) is 8.22. The van der Waals surface area contributed by atoms with E-state index in [0.29, 0.717) is 6.04 Å². The number of rotatable bonds is 5. The molecular formula is C13H16BrNS2. The monoisotopic (exact) mass is 329 g/mol. The molecule has 1 unspecified atom stereocenters. The zero-order valence-electron chi connectivity index (χ0n) is 10.00. The molecular weight excluding hydrogens is 314 g/mol. The molecule has 0 aliphatic rings. The summed E-state index contributed by atoms with van der Waals surface area (Å²) in [5, 5.41) is 8.12. The summed E-state index contributed by atoms with van der Waals surface area (Å²) in [7, 11) is 0. The minimum absolute atomic E-state index is 0.345. The zero-order chi connectivity index (χ0) is 12.3. The smallest absolute Gasteiger partial charge is 0.0702 e. The Bertz CT molecular complexity index is 475. The van der Waals surface area contributed by atoms with Crippen molar-refractivity contribution in [1.29, 1.82) is 0 Å². The number of halogens is 1. The zero-order valence-corrected chi connectivity index (χ0v) is 13.2. The van der Waals surface area contributed by atoms with Crippen LogP contribution in [0.2, 0.25) is 0 Å². The van der Waals surface area contributed by atoms with Gasteiger partial charge in [0.2, 0.25) is 0 Å². The van der Waals surface area contributed by atoms with Crippen molar-refractivity contribution in [3.8, 4) is 0 Å². The molecule has 2 heterocycles. The van der Waals surface area contributed by atoms with Crippen molar-refractivity contribution >= 4 is 38.6 Å². The quantitative estimate of drug-likeness (QED) is 0.816. The molecule has 0 aliphatic heterocycles. The van der Waals surface area contributed by atoms with Gasteiger partial charge < -0.3 is 5.32 Å². The molecule has 2 rings (SSSR count). The third-order valence-electron chi connectivity index (χ3n) is 2.68. The van der Waals surface area contributed by atoms with Crippen molar-refractivity contribution in [2.75, 3.05) is 6.54 Å². The minimum Gasteiger partial charge on any atom is -0.306 e. The van der Waals surface area contributed by atoms with Gasteiger partial charge in [0.1, 0.15) is 0 Å². The van der Waals surface area contributed by atoms with E-state index < -0.39 is 0 Å². The number of hydrogen-bond donors (Lipinski definition) is 1. The third kappa shape index (κ3) is 3.19. The molecule has 0 saturated carbocycles. The van der Waals surface area contributed by atoms with Crippen LogP contribution in [-0.4, -0.2) is 6.54 Å². The summed E-state index contributed by atoms with van der Waals surface area (Å²) in [5.41, 5.74) is 2.80. The van der Waals surface area contributed by atoms with E-state index in [9.17, 15) is 0 Å². The maximum Gasteiger partial charge on any atom is 0.0702 e. The van der Waals surface area contributed by atoms with Crippen molar-refractivity contribution in [3.63, 3.8) is 0 Å². The summed E-state index contributed by atoms with van der Waals surface area (Å²) in [6.45, 7) is 5.44. The lowest BCUT2D eigenvalue weighted by molar-refractivity contribution is 0.605. The van der Waals surface area contributed by atoms with Gasteiger partial charge in [0.25, 0.3) is 0 Å². The molecule has 0 saturated heterocycles. The number of thiophene rings is 2. The molecule has 1 N–H and O–H groups in total. The average molecular weight is 330 g/mol. The largest absolute Gasteiger partial charge is 0.306 e. The SMILES string of the molecule is CCCNC(c1ccc(Br)s1)c1cscc1C. The Kier molecular flexibility index (Phi) is 4.79. The van der Waals surface area contributed by atoms with E-state index in [0.717, 1.165) is 13.0 Å². The van der Waals surface area contributed by atoms with E-state index in [4.69, 9.17) is 0 Å². The van der Waals surface area contributed by atoms with Crippen LogP contribution in [0.1, 0.15) is 35.4 Å². The predicted molar refractivity (Wildman–Crippen MR) is 81.2 cm³/mol. The van der Waals surface area contributed by atoms with Crippen molar-refractivity contribution < 1.29 is 0 Å². The normalized spacial score (nSPS) is 12.9. The molecule has 1 atom stereocenters. The Hall–Kier alpha value is -0.160. The van der Waals surface area contributed by atoms with Crippen LogP contribution >= 0.6 is 38.6 Å². The van der Waals surface area contributed by atoms with E-state index in [1.165, 1.54) is 19.8 Å².